The molecule has 1 unspecified atom stereocenters. The summed E-state index contributed by atoms with van der Waals surface area (Å²) in [5, 5.41) is 17.0. The maximum absolute atomic E-state index is 12.6. The van der Waals surface area contributed by atoms with Crippen LogP contribution in [-0.2, 0) is 20.9 Å². The molecule has 2 atom stereocenters. The molecule has 1 saturated heterocycles. The van der Waals surface area contributed by atoms with Gasteiger partial charge in [-0.15, -0.1) is 11.3 Å². The van der Waals surface area contributed by atoms with Gasteiger partial charge in [-0.1, -0.05) is 18.2 Å². The van der Waals surface area contributed by atoms with Crippen LogP contribution < -0.4 is 26.4 Å². The van der Waals surface area contributed by atoms with E-state index in [2.05, 4.69) is 16.0 Å². The molecule has 3 amide bonds. The number of amides is 3. The summed E-state index contributed by atoms with van der Waals surface area (Å²) in [4.78, 5) is 50.8. The molecule has 6 N–H and O–H groups in total. The fourth-order valence-electron chi connectivity index (χ4n) is 3.77. The fourth-order valence-corrected chi connectivity index (χ4v) is 4.59. The Morgan fingerprint density at radius 1 is 1.03 bits per heavy atom. The monoisotopic (exact) mass is 519 g/mol. The smallest absolute Gasteiger partial charge is 0.294 e. The van der Waals surface area contributed by atoms with Crippen LogP contribution in [0, 0.1) is 11.3 Å². The van der Waals surface area contributed by atoms with Crippen molar-refractivity contribution in [2.45, 2.75) is 19.0 Å². The fraction of sp³-hybridized carbons (Fsp3) is 0.192. The van der Waals surface area contributed by atoms with Crippen LogP contribution in [0.2, 0.25) is 0 Å². The Bertz CT molecular complexity index is 1320. The predicted molar refractivity (Wildman–Crippen MR) is 138 cm³/mol. The van der Waals surface area contributed by atoms with Crippen LogP contribution in [0.4, 0.5) is 0 Å². The molecule has 1 aliphatic rings. The van der Waals surface area contributed by atoms with Gasteiger partial charge in [-0.05, 0) is 48.9 Å². The van der Waals surface area contributed by atoms with E-state index in [0.29, 0.717) is 17.1 Å². The minimum absolute atomic E-state index is 0.0431. The third kappa shape index (κ3) is 6.66. The number of para-hydroxylation sites is 1. The highest BCUT2D eigenvalue weighted by Crippen LogP contribution is 2.21. The first-order valence-electron chi connectivity index (χ1n) is 11.5. The number of nitrogens with one attached hydrogen (secondary N) is 4. The SMILES string of the molecule is N=C(N)c1csc(CNC(=O)[C@@H]2CC(C(=O)C(=O)NC(=O)c3ccc(Oc4ccccc4)cc3)CN2)c1. The van der Waals surface area contributed by atoms with Gasteiger partial charge in [0.25, 0.3) is 11.8 Å². The van der Waals surface area contributed by atoms with E-state index >= 15 is 0 Å². The highest BCUT2D eigenvalue weighted by molar-refractivity contribution is 7.10. The van der Waals surface area contributed by atoms with Crippen molar-refractivity contribution < 1.29 is 23.9 Å². The van der Waals surface area contributed by atoms with Gasteiger partial charge >= 0.3 is 0 Å². The van der Waals surface area contributed by atoms with E-state index in [9.17, 15) is 19.2 Å². The molecule has 0 radical (unpaired) electrons. The maximum atomic E-state index is 12.6. The maximum Gasteiger partial charge on any atom is 0.294 e. The number of rotatable bonds is 9. The summed E-state index contributed by atoms with van der Waals surface area (Å²) in [5.41, 5.74) is 6.24. The number of ketones is 1. The zero-order valence-electron chi connectivity index (χ0n) is 19.7. The first-order chi connectivity index (χ1) is 17.8. The van der Waals surface area contributed by atoms with Crippen LogP contribution in [0.15, 0.2) is 66.0 Å². The van der Waals surface area contributed by atoms with Crippen LogP contribution in [0.5, 0.6) is 11.5 Å². The number of nitrogen functional groups attached to an aromatic ring is 1. The van der Waals surface area contributed by atoms with Gasteiger partial charge in [0.1, 0.15) is 17.3 Å². The minimum atomic E-state index is -1.02. The van der Waals surface area contributed by atoms with Crippen molar-refractivity contribution in [3.63, 3.8) is 0 Å². The van der Waals surface area contributed by atoms with Crippen LogP contribution in [0.1, 0.15) is 27.2 Å². The standard InChI is InChI=1S/C26H25N5O5S/c27-23(28)17-10-20(37-14-17)13-30-25(34)21-11-16(12-29-21)22(32)26(35)31-24(33)15-6-8-19(9-7-15)36-18-4-2-1-3-5-18/h1-10,14,16,21,29H,11-13H2,(H3,27,28)(H,30,34)(H,31,33,35)/t16?,21-/m0/s1. The van der Waals surface area contributed by atoms with Crippen molar-refractivity contribution in [2.24, 2.45) is 11.7 Å². The van der Waals surface area contributed by atoms with E-state index in [4.69, 9.17) is 15.9 Å². The van der Waals surface area contributed by atoms with E-state index in [-0.39, 0.29) is 36.8 Å². The summed E-state index contributed by atoms with van der Waals surface area (Å²) < 4.78 is 5.68. The molecule has 190 valence electrons. The largest absolute Gasteiger partial charge is 0.457 e. The molecule has 0 aliphatic carbocycles. The molecule has 1 aromatic heterocycles. The Kier molecular flexibility index (Phi) is 8.06. The zero-order valence-corrected chi connectivity index (χ0v) is 20.5. The second-order valence-corrected chi connectivity index (χ2v) is 9.41. The molecule has 2 heterocycles. The number of hydrogen-bond donors (Lipinski definition) is 5. The van der Waals surface area contributed by atoms with Crippen molar-refractivity contribution in [2.75, 3.05) is 6.54 Å². The molecular formula is C26H25N5O5S. The molecule has 2 aromatic carbocycles. The number of nitrogens with two attached hydrogens (primary N) is 1. The highest BCUT2D eigenvalue weighted by atomic mass is 32.1. The molecule has 37 heavy (non-hydrogen) atoms. The van der Waals surface area contributed by atoms with Crippen molar-refractivity contribution >= 4 is 40.7 Å². The number of imide groups is 1. The third-order valence-electron chi connectivity index (χ3n) is 5.77. The summed E-state index contributed by atoms with van der Waals surface area (Å²) in [5.74, 6) is -2.39. The van der Waals surface area contributed by atoms with Gasteiger partial charge in [-0.3, -0.25) is 29.9 Å². The van der Waals surface area contributed by atoms with Gasteiger partial charge in [0.05, 0.1) is 12.6 Å². The number of amidine groups is 1. The van der Waals surface area contributed by atoms with Gasteiger partial charge in [0.2, 0.25) is 11.7 Å². The van der Waals surface area contributed by atoms with E-state index < -0.39 is 29.6 Å². The number of thiophene rings is 1. The summed E-state index contributed by atoms with van der Waals surface area (Å²) in [6.07, 6.45) is 0.140. The Labute approximate surface area is 216 Å². The first kappa shape index (κ1) is 25.7. The average molecular weight is 520 g/mol. The summed E-state index contributed by atoms with van der Waals surface area (Å²) in [6.45, 7) is 0.412. The number of carbonyl (C=O) groups excluding carboxylic acids is 4. The Morgan fingerprint density at radius 3 is 2.41 bits per heavy atom. The predicted octanol–water partition coefficient (Wildman–Crippen LogP) is 1.94. The first-order valence-corrected chi connectivity index (χ1v) is 12.3. The zero-order chi connectivity index (χ0) is 26.4. The molecule has 10 nitrogen and oxygen atoms in total. The van der Waals surface area contributed by atoms with Crippen molar-refractivity contribution in [3.8, 4) is 11.5 Å². The number of ether oxygens (including phenoxy) is 1. The molecule has 1 aliphatic heterocycles. The van der Waals surface area contributed by atoms with Crippen molar-refractivity contribution in [1.29, 1.82) is 5.41 Å². The lowest BCUT2D eigenvalue weighted by Crippen LogP contribution is -2.40. The Morgan fingerprint density at radius 2 is 1.73 bits per heavy atom. The molecule has 4 rings (SSSR count). The molecule has 0 saturated carbocycles. The van der Waals surface area contributed by atoms with Gasteiger partial charge in [-0.25, -0.2) is 0 Å². The number of carbonyl (C=O) groups is 4. The quantitative estimate of drug-likeness (QED) is 0.164. The van der Waals surface area contributed by atoms with Crippen LogP contribution >= 0.6 is 11.3 Å². The second kappa shape index (κ2) is 11.6. The van der Waals surface area contributed by atoms with Crippen LogP contribution in [0.3, 0.4) is 0 Å². The van der Waals surface area contributed by atoms with Crippen LogP contribution in [0.25, 0.3) is 0 Å². The van der Waals surface area contributed by atoms with E-state index in [1.807, 2.05) is 18.2 Å². The lowest BCUT2D eigenvalue weighted by Gasteiger charge is -2.11. The van der Waals surface area contributed by atoms with Crippen molar-refractivity contribution in [1.82, 2.24) is 16.0 Å². The van der Waals surface area contributed by atoms with Gasteiger partial charge in [0.15, 0.2) is 0 Å². The lowest BCUT2D eigenvalue weighted by molar-refractivity contribution is -0.139. The number of benzene rings is 2. The molecule has 3 aromatic rings. The Balaban J connectivity index is 1.24. The Hall–Kier alpha value is -4.35. The summed E-state index contributed by atoms with van der Waals surface area (Å²) in [7, 11) is 0. The van der Waals surface area contributed by atoms with Gasteiger partial charge in [0, 0.05) is 33.8 Å². The normalized spacial score (nSPS) is 16.5. The highest BCUT2D eigenvalue weighted by Gasteiger charge is 2.36. The van der Waals surface area contributed by atoms with E-state index in [0.717, 1.165) is 4.88 Å². The molecule has 0 bridgehead atoms. The van der Waals surface area contributed by atoms with Gasteiger partial charge in [-0.2, -0.15) is 0 Å². The number of Topliss-reactive ketones (excluding diaryl/α,β-unsaturated/α-hetero) is 1. The second-order valence-electron chi connectivity index (χ2n) is 8.41. The van der Waals surface area contributed by atoms with E-state index in [1.165, 1.54) is 23.5 Å². The molecule has 1 fully saturated rings. The third-order valence-corrected chi connectivity index (χ3v) is 6.70. The van der Waals surface area contributed by atoms with Gasteiger partial charge < -0.3 is 21.1 Å². The van der Waals surface area contributed by atoms with E-state index in [1.54, 1.807) is 35.7 Å². The van der Waals surface area contributed by atoms with Crippen LogP contribution in [-0.4, -0.2) is 41.9 Å². The number of hydrogen-bond acceptors (Lipinski definition) is 8. The summed E-state index contributed by atoms with van der Waals surface area (Å²) >= 11 is 1.37. The topological polar surface area (TPSA) is 163 Å². The molecular weight excluding hydrogens is 494 g/mol. The minimum Gasteiger partial charge on any atom is -0.457 e. The molecule has 11 heteroatoms. The average Bonchev–Trinajstić information content (AvgIpc) is 3.58. The lowest BCUT2D eigenvalue weighted by atomic mass is 9.99. The molecule has 0 spiro atoms. The van der Waals surface area contributed by atoms with Crippen molar-refractivity contribution in [3.05, 3.63) is 82.0 Å². The summed E-state index contributed by atoms with van der Waals surface area (Å²) in [6, 6.07) is 16.4.